The lowest BCUT2D eigenvalue weighted by molar-refractivity contribution is -0.130. The maximum Gasteiger partial charge on any atom is 0.223 e. The predicted molar refractivity (Wildman–Crippen MR) is 73.5 cm³/mol. The van der Waals surface area contributed by atoms with E-state index in [0.717, 1.165) is 25.2 Å². The van der Waals surface area contributed by atoms with Crippen molar-refractivity contribution in [2.24, 2.45) is 17.8 Å². The molecule has 0 heterocycles. The van der Waals surface area contributed by atoms with Gasteiger partial charge in [0.15, 0.2) is 0 Å². The number of hydrogen-bond donors (Lipinski definition) is 3. The molecule has 2 aliphatic rings. The molecule has 0 aromatic heterocycles. The molecule has 3 atom stereocenters. The first-order valence-corrected chi connectivity index (χ1v) is 7.62. The molecule has 0 aromatic carbocycles. The average molecular weight is 269 g/mol. The predicted octanol–water partition coefficient (Wildman–Crippen LogP) is 1.45. The zero-order valence-electron chi connectivity index (χ0n) is 11.9. The topological polar surface area (TPSA) is 69.6 Å². The van der Waals surface area contributed by atoms with E-state index in [1.807, 2.05) is 0 Å². The number of fused-ring (bicyclic) bond motifs is 1. The van der Waals surface area contributed by atoms with Crippen LogP contribution in [0.3, 0.4) is 0 Å². The molecule has 0 aromatic rings. The quantitative estimate of drug-likeness (QED) is 0.723. The monoisotopic (exact) mass is 269 g/mol. The molecule has 19 heavy (non-hydrogen) atoms. The minimum atomic E-state index is -0.888. The Hall–Kier alpha value is -0.610. The first kappa shape index (κ1) is 14.8. The van der Waals surface area contributed by atoms with Crippen LogP contribution in [-0.4, -0.2) is 34.9 Å². The molecule has 0 spiro atoms. The van der Waals surface area contributed by atoms with Crippen molar-refractivity contribution >= 4 is 5.91 Å². The van der Waals surface area contributed by atoms with Crippen LogP contribution >= 0.6 is 0 Å². The van der Waals surface area contributed by atoms with Crippen LogP contribution in [0.1, 0.15) is 51.9 Å². The van der Waals surface area contributed by atoms with Gasteiger partial charge in [0.25, 0.3) is 0 Å². The van der Waals surface area contributed by atoms with Crippen molar-refractivity contribution in [3.8, 4) is 0 Å². The second-order valence-electron chi connectivity index (χ2n) is 6.68. The van der Waals surface area contributed by atoms with Crippen molar-refractivity contribution in [3.63, 3.8) is 0 Å². The molecule has 1 amide bonds. The van der Waals surface area contributed by atoms with Crippen LogP contribution < -0.4 is 5.32 Å². The number of aliphatic hydroxyl groups excluding tert-OH is 2. The zero-order valence-corrected chi connectivity index (χ0v) is 11.9. The largest absolute Gasteiger partial charge is 0.394 e. The van der Waals surface area contributed by atoms with Crippen LogP contribution in [0.2, 0.25) is 0 Å². The molecular formula is C15H27NO3. The molecule has 0 saturated heterocycles. The van der Waals surface area contributed by atoms with Gasteiger partial charge in [-0.3, -0.25) is 4.79 Å². The third-order valence-electron chi connectivity index (χ3n) is 5.03. The summed E-state index contributed by atoms with van der Waals surface area (Å²) in [4.78, 5) is 12.3. The lowest BCUT2D eigenvalue weighted by Crippen LogP contribution is -2.54. The van der Waals surface area contributed by atoms with Gasteiger partial charge < -0.3 is 15.5 Å². The average Bonchev–Trinajstić information content (AvgIpc) is 2.46. The van der Waals surface area contributed by atoms with Gasteiger partial charge in [0.1, 0.15) is 0 Å². The summed E-state index contributed by atoms with van der Waals surface area (Å²) in [5.41, 5.74) is -0.888. The molecule has 2 saturated carbocycles. The Bertz CT molecular complexity index is 315. The van der Waals surface area contributed by atoms with Gasteiger partial charge in [0.2, 0.25) is 5.91 Å². The number of aliphatic hydroxyl groups is 2. The van der Waals surface area contributed by atoms with Crippen LogP contribution in [0.15, 0.2) is 0 Å². The van der Waals surface area contributed by atoms with E-state index in [1.54, 1.807) is 6.92 Å². The first-order chi connectivity index (χ1) is 9.08. The normalized spacial score (nSPS) is 31.6. The molecule has 2 aliphatic carbocycles. The highest BCUT2D eigenvalue weighted by molar-refractivity contribution is 5.79. The molecular weight excluding hydrogens is 242 g/mol. The van der Waals surface area contributed by atoms with Crippen LogP contribution in [-0.2, 0) is 4.79 Å². The summed E-state index contributed by atoms with van der Waals surface area (Å²) in [5, 5.41) is 21.3. The van der Waals surface area contributed by atoms with Crippen LogP contribution in [0.4, 0.5) is 0 Å². The maximum atomic E-state index is 12.3. The van der Waals surface area contributed by atoms with Crippen molar-refractivity contribution in [3.05, 3.63) is 0 Å². The third-order valence-corrected chi connectivity index (χ3v) is 5.03. The fraction of sp³-hybridized carbons (Fsp3) is 0.933. The summed E-state index contributed by atoms with van der Waals surface area (Å²) >= 11 is 0. The van der Waals surface area contributed by atoms with Gasteiger partial charge in [-0.1, -0.05) is 25.7 Å². The summed E-state index contributed by atoms with van der Waals surface area (Å²) in [6.07, 6.45) is 8.38. The van der Waals surface area contributed by atoms with Crippen molar-refractivity contribution in [1.82, 2.24) is 5.32 Å². The first-order valence-electron chi connectivity index (χ1n) is 7.62. The molecule has 3 unspecified atom stereocenters. The van der Waals surface area contributed by atoms with E-state index in [2.05, 4.69) is 5.32 Å². The van der Waals surface area contributed by atoms with E-state index in [0.29, 0.717) is 5.92 Å². The number of nitrogens with one attached hydrogen (secondary N) is 1. The molecule has 0 radical (unpaired) electrons. The van der Waals surface area contributed by atoms with Gasteiger partial charge in [-0.2, -0.15) is 0 Å². The van der Waals surface area contributed by atoms with Gasteiger partial charge in [0, 0.05) is 5.92 Å². The molecule has 110 valence electrons. The number of carbonyl (C=O) groups is 1. The highest BCUT2D eigenvalue weighted by atomic mass is 16.3. The molecule has 3 N–H and O–H groups in total. The van der Waals surface area contributed by atoms with Crippen molar-refractivity contribution in [2.45, 2.75) is 57.4 Å². The minimum absolute atomic E-state index is 0.00891. The Morgan fingerprint density at radius 1 is 1.11 bits per heavy atom. The Balaban J connectivity index is 1.90. The highest BCUT2D eigenvalue weighted by Crippen LogP contribution is 2.42. The van der Waals surface area contributed by atoms with E-state index in [-0.39, 0.29) is 25.0 Å². The van der Waals surface area contributed by atoms with Gasteiger partial charge in [-0.15, -0.1) is 0 Å². The van der Waals surface area contributed by atoms with Crippen LogP contribution in [0.25, 0.3) is 0 Å². The second kappa shape index (κ2) is 6.23. The number of rotatable bonds is 4. The highest BCUT2D eigenvalue weighted by Gasteiger charge is 2.36. The van der Waals surface area contributed by atoms with E-state index in [9.17, 15) is 15.0 Å². The zero-order chi connectivity index (χ0) is 13.9. The molecule has 0 bridgehead atoms. The third kappa shape index (κ3) is 3.48. The molecule has 2 fully saturated rings. The molecule has 0 aliphatic heterocycles. The minimum Gasteiger partial charge on any atom is -0.394 e. The van der Waals surface area contributed by atoms with E-state index >= 15 is 0 Å². The van der Waals surface area contributed by atoms with Crippen molar-refractivity contribution < 1.29 is 15.0 Å². The summed E-state index contributed by atoms with van der Waals surface area (Å²) in [7, 11) is 0. The van der Waals surface area contributed by atoms with Crippen LogP contribution in [0.5, 0.6) is 0 Å². The standard InChI is InChI=1S/C15H27NO3/c1-15(9-17,10-18)16-14(19)13-7-6-11-4-2-3-5-12(11)8-13/h11-13,17-18H,2-10H2,1H3,(H,16,19). The Morgan fingerprint density at radius 3 is 2.37 bits per heavy atom. The number of hydrogen-bond acceptors (Lipinski definition) is 3. The SMILES string of the molecule is CC(CO)(CO)NC(=O)C1CCC2CCCCC2C1. The van der Waals surface area contributed by atoms with Crippen molar-refractivity contribution in [2.75, 3.05) is 13.2 Å². The maximum absolute atomic E-state index is 12.3. The van der Waals surface area contributed by atoms with E-state index in [4.69, 9.17) is 0 Å². The fourth-order valence-corrected chi connectivity index (χ4v) is 3.64. The Morgan fingerprint density at radius 2 is 1.74 bits per heavy atom. The summed E-state index contributed by atoms with van der Waals surface area (Å²) in [6, 6.07) is 0. The van der Waals surface area contributed by atoms with E-state index < -0.39 is 5.54 Å². The van der Waals surface area contributed by atoms with Gasteiger partial charge in [-0.05, 0) is 38.0 Å². The second-order valence-corrected chi connectivity index (χ2v) is 6.68. The summed E-state index contributed by atoms with van der Waals surface area (Å²) < 4.78 is 0. The van der Waals surface area contributed by atoms with Gasteiger partial charge in [0.05, 0.1) is 18.8 Å². The lowest BCUT2D eigenvalue weighted by atomic mass is 9.67. The molecule has 2 rings (SSSR count). The van der Waals surface area contributed by atoms with E-state index in [1.165, 1.54) is 25.7 Å². The Kier molecular flexibility index (Phi) is 4.85. The van der Waals surface area contributed by atoms with Crippen LogP contribution in [0, 0.1) is 17.8 Å². The number of amides is 1. The van der Waals surface area contributed by atoms with Gasteiger partial charge in [-0.25, -0.2) is 0 Å². The van der Waals surface area contributed by atoms with Crippen molar-refractivity contribution in [1.29, 1.82) is 0 Å². The molecule has 4 nitrogen and oxygen atoms in total. The Labute approximate surface area is 115 Å². The fourth-order valence-electron chi connectivity index (χ4n) is 3.64. The molecule has 4 heteroatoms. The summed E-state index contributed by atoms with van der Waals surface area (Å²) in [6.45, 7) is 1.22. The number of carbonyl (C=O) groups excluding carboxylic acids is 1. The lowest BCUT2D eigenvalue weighted by Gasteiger charge is -2.39. The summed E-state index contributed by atoms with van der Waals surface area (Å²) in [5.74, 6) is 1.62. The van der Waals surface area contributed by atoms with Gasteiger partial charge >= 0.3 is 0 Å². The smallest absolute Gasteiger partial charge is 0.223 e.